The van der Waals surface area contributed by atoms with Gasteiger partial charge in [-0.05, 0) is 18.2 Å². The van der Waals surface area contributed by atoms with Gasteiger partial charge in [-0.15, -0.1) is 0 Å². The quantitative estimate of drug-likeness (QED) is 0.504. The van der Waals surface area contributed by atoms with Crippen molar-refractivity contribution in [3.8, 4) is 0 Å². The molecule has 8 nitrogen and oxygen atoms in total. The van der Waals surface area contributed by atoms with E-state index in [1.807, 2.05) is 0 Å². The first-order valence-corrected chi connectivity index (χ1v) is 7.04. The molecule has 0 unspecified atom stereocenters. The van der Waals surface area contributed by atoms with Crippen molar-refractivity contribution in [1.82, 2.24) is 0 Å². The van der Waals surface area contributed by atoms with Gasteiger partial charge in [0.25, 0.3) is 11.4 Å². The molecule has 1 aliphatic carbocycles. The Labute approximate surface area is 142 Å². The summed E-state index contributed by atoms with van der Waals surface area (Å²) in [6.07, 6.45) is 0. The molecule has 0 spiro atoms. The zero-order chi connectivity index (χ0) is 17.8. The van der Waals surface area contributed by atoms with E-state index in [1.165, 1.54) is 0 Å². The predicted molar refractivity (Wildman–Crippen MR) is 83.1 cm³/mol. The molecule has 2 aromatic rings. The summed E-state index contributed by atoms with van der Waals surface area (Å²) in [4.78, 5) is 46.0. The molecule has 10 heteroatoms. The summed E-state index contributed by atoms with van der Waals surface area (Å²) in [6, 6.07) is 4.36. The maximum atomic E-state index is 12.7. The smallest absolute Gasteiger partial charge is 0.288 e. The number of rotatable bonds is 2. The molecule has 0 amide bonds. The summed E-state index contributed by atoms with van der Waals surface area (Å²) in [5, 5.41) is 21.9. The second-order valence-corrected chi connectivity index (χ2v) is 5.62. The van der Waals surface area contributed by atoms with E-state index >= 15 is 0 Å². The van der Waals surface area contributed by atoms with Crippen molar-refractivity contribution in [3.63, 3.8) is 0 Å². The van der Waals surface area contributed by atoms with Crippen LogP contribution >= 0.6 is 23.2 Å². The lowest BCUT2D eigenvalue weighted by molar-refractivity contribution is -0.385. The molecule has 2 aromatic carbocycles. The second-order valence-electron chi connectivity index (χ2n) is 4.81. The third kappa shape index (κ3) is 2.08. The normalized spacial score (nSPS) is 12.6. The predicted octanol–water partition coefficient (Wildman–Crippen LogP) is 3.59. The van der Waals surface area contributed by atoms with Crippen molar-refractivity contribution in [2.75, 3.05) is 0 Å². The Kier molecular flexibility index (Phi) is 3.58. The van der Waals surface area contributed by atoms with Gasteiger partial charge in [-0.1, -0.05) is 23.2 Å². The monoisotopic (exact) mass is 366 g/mol. The SMILES string of the molecule is O=C1c2ccc(Cl)c([N+](=O)[O-])c2C(=O)c2c([N+](=O)[O-])ccc(Cl)c21. The van der Waals surface area contributed by atoms with Crippen LogP contribution in [-0.2, 0) is 0 Å². The molecule has 0 aromatic heterocycles. The van der Waals surface area contributed by atoms with E-state index < -0.39 is 43.9 Å². The van der Waals surface area contributed by atoms with Crippen molar-refractivity contribution in [2.45, 2.75) is 0 Å². The summed E-state index contributed by atoms with van der Waals surface area (Å²) in [5.41, 5.74) is -3.20. The number of hydrogen-bond acceptors (Lipinski definition) is 6. The van der Waals surface area contributed by atoms with Gasteiger partial charge in [0, 0.05) is 11.6 Å². The molecule has 0 heterocycles. The molecular formula is C14H4Cl2N2O6. The Morgan fingerprint density at radius 1 is 0.750 bits per heavy atom. The standard InChI is InChI=1S/C14H4Cl2N2O6/c15-6-3-4-8(17(21)22)11-10(6)13(19)5-1-2-7(16)12(18(23)24)9(5)14(11)20/h1-4H. The molecule has 0 fully saturated rings. The average molecular weight is 367 g/mol. The molecule has 0 bridgehead atoms. The Morgan fingerprint density at radius 3 is 1.96 bits per heavy atom. The second kappa shape index (κ2) is 5.36. The van der Waals surface area contributed by atoms with E-state index in [-0.39, 0.29) is 21.2 Å². The van der Waals surface area contributed by atoms with Crippen LogP contribution in [0.3, 0.4) is 0 Å². The van der Waals surface area contributed by atoms with E-state index in [1.54, 1.807) is 0 Å². The van der Waals surface area contributed by atoms with E-state index in [2.05, 4.69) is 0 Å². The third-order valence-corrected chi connectivity index (χ3v) is 4.19. The first-order chi connectivity index (χ1) is 11.3. The van der Waals surface area contributed by atoms with Crippen LogP contribution in [0.15, 0.2) is 24.3 Å². The lowest BCUT2D eigenvalue weighted by Gasteiger charge is -2.18. The Balaban J connectivity index is 2.46. The van der Waals surface area contributed by atoms with Gasteiger partial charge in [0.15, 0.2) is 5.78 Å². The molecular weight excluding hydrogens is 363 g/mol. The van der Waals surface area contributed by atoms with Crippen molar-refractivity contribution in [2.24, 2.45) is 0 Å². The largest absolute Gasteiger partial charge is 0.299 e. The van der Waals surface area contributed by atoms with Crippen LogP contribution in [0.5, 0.6) is 0 Å². The summed E-state index contributed by atoms with van der Waals surface area (Å²) in [7, 11) is 0. The van der Waals surface area contributed by atoms with Crippen molar-refractivity contribution in [3.05, 3.63) is 76.8 Å². The molecule has 120 valence electrons. The van der Waals surface area contributed by atoms with Gasteiger partial charge >= 0.3 is 0 Å². The molecule has 0 N–H and O–H groups in total. The number of nitro groups is 2. The van der Waals surface area contributed by atoms with Crippen LogP contribution in [-0.4, -0.2) is 21.4 Å². The van der Waals surface area contributed by atoms with Gasteiger partial charge in [0.1, 0.15) is 16.1 Å². The number of ketones is 2. The maximum Gasteiger partial charge on any atom is 0.299 e. The number of carbonyl (C=O) groups excluding carboxylic acids is 2. The fourth-order valence-electron chi connectivity index (χ4n) is 2.59. The fourth-order valence-corrected chi connectivity index (χ4v) is 3.06. The first-order valence-electron chi connectivity index (χ1n) is 6.29. The van der Waals surface area contributed by atoms with E-state index in [0.29, 0.717) is 0 Å². The summed E-state index contributed by atoms with van der Waals surface area (Å²) >= 11 is 11.7. The Bertz CT molecular complexity index is 982. The van der Waals surface area contributed by atoms with Gasteiger partial charge in [-0.25, -0.2) is 0 Å². The highest BCUT2D eigenvalue weighted by Gasteiger charge is 2.42. The molecule has 3 rings (SSSR count). The summed E-state index contributed by atoms with van der Waals surface area (Å²) in [5.74, 6) is -1.85. The highest BCUT2D eigenvalue weighted by Crippen LogP contribution is 2.42. The molecule has 0 atom stereocenters. The van der Waals surface area contributed by atoms with E-state index in [9.17, 15) is 29.8 Å². The minimum Gasteiger partial charge on any atom is -0.288 e. The van der Waals surface area contributed by atoms with Crippen molar-refractivity contribution in [1.29, 1.82) is 0 Å². The van der Waals surface area contributed by atoms with Crippen molar-refractivity contribution < 1.29 is 19.4 Å². The average Bonchev–Trinajstić information content (AvgIpc) is 2.51. The third-order valence-electron chi connectivity index (χ3n) is 3.57. The van der Waals surface area contributed by atoms with Gasteiger partial charge in [0.05, 0.1) is 20.4 Å². The van der Waals surface area contributed by atoms with Crippen LogP contribution in [0.25, 0.3) is 0 Å². The number of hydrogen-bond donors (Lipinski definition) is 0. The molecule has 0 saturated heterocycles. The Morgan fingerprint density at radius 2 is 1.38 bits per heavy atom. The number of benzene rings is 2. The summed E-state index contributed by atoms with van der Waals surface area (Å²) < 4.78 is 0. The number of fused-ring (bicyclic) bond motifs is 2. The van der Waals surface area contributed by atoms with Crippen molar-refractivity contribution >= 4 is 46.1 Å². The van der Waals surface area contributed by atoms with Gasteiger partial charge < -0.3 is 0 Å². The molecule has 0 aliphatic heterocycles. The highest BCUT2D eigenvalue weighted by molar-refractivity contribution is 6.41. The van der Waals surface area contributed by atoms with Crippen LogP contribution in [0, 0.1) is 20.2 Å². The molecule has 0 radical (unpaired) electrons. The van der Waals surface area contributed by atoms with Gasteiger partial charge in [0.2, 0.25) is 5.78 Å². The van der Waals surface area contributed by atoms with Crippen LogP contribution in [0.1, 0.15) is 31.8 Å². The first kappa shape index (κ1) is 16.0. The zero-order valence-corrected chi connectivity index (χ0v) is 12.9. The fraction of sp³-hybridized carbons (Fsp3) is 0. The number of nitrogens with zero attached hydrogens (tertiary/aromatic N) is 2. The minimum atomic E-state index is -1.04. The maximum absolute atomic E-state index is 12.7. The lowest BCUT2D eigenvalue weighted by Crippen LogP contribution is -2.24. The van der Waals surface area contributed by atoms with Gasteiger partial charge in [-0.3, -0.25) is 29.8 Å². The highest BCUT2D eigenvalue weighted by atomic mass is 35.5. The molecule has 0 saturated carbocycles. The minimum absolute atomic E-state index is 0.155. The summed E-state index contributed by atoms with van der Waals surface area (Å²) in [6.45, 7) is 0. The van der Waals surface area contributed by atoms with E-state index in [4.69, 9.17) is 23.2 Å². The Hall–Kier alpha value is -2.84. The number of nitro benzene ring substituents is 2. The number of carbonyl (C=O) groups is 2. The van der Waals surface area contributed by atoms with Gasteiger partial charge in [-0.2, -0.15) is 0 Å². The topological polar surface area (TPSA) is 120 Å². The molecule has 1 aliphatic rings. The van der Waals surface area contributed by atoms with Crippen LogP contribution in [0.2, 0.25) is 10.0 Å². The lowest BCUT2D eigenvalue weighted by atomic mass is 9.82. The number of halogens is 2. The molecule has 24 heavy (non-hydrogen) atoms. The van der Waals surface area contributed by atoms with Crippen LogP contribution < -0.4 is 0 Å². The van der Waals surface area contributed by atoms with Crippen LogP contribution in [0.4, 0.5) is 11.4 Å². The van der Waals surface area contributed by atoms with E-state index in [0.717, 1.165) is 24.3 Å². The zero-order valence-electron chi connectivity index (χ0n) is 11.4.